The van der Waals surface area contributed by atoms with Crippen LogP contribution in [0, 0.1) is 11.8 Å². The first kappa shape index (κ1) is 16.2. The van der Waals surface area contributed by atoms with Crippen molar-refractivity contribution >= 4 is 5.82 Å². The van der Waals surface area contributed by atoms with Gasteiger partial charge in [0.25, 0.3) is 0 Å². The Kier molecular flexibility index (Phi) is 6.39. The molecule has 1 aromatic heterocycles. The second-order valence-corrected chi connectivity index (χ2v) is 6.37. The summed E-state index contributed by atoms with van der Waals surface area (Å²) in [4.78, 5) is 2.18. The van der Waals surface area contributed by atoms with Gasteiger partial charge in [-0.2, -0.15) is 5.10 Å². The molecule has 1 N–H and O–H groups in total. The van der Waals surface area contributed by atoms with E-state index in [-0.39, 0.29) is 0 Å². The Bertz CT molecular complexity index is 401. The third kappa shape index (κ3) is 5.59. The van der Waals surface area contributed by atoms with Gasteiger partial charge in [0.1, 0.15) is 0 Å². The van der Waals surface area contributed by atoms with E-state index >= 15 is 0 Å². The first-order valence-corrected chi connectivity index (χ1v) is 7.97. The summed E-state index contributed by atoms with van der Waals surface area (Å²) in [7, 11) is 2.08. The monoisotopic (exact) mass is 292 g/mol. The molecule has 0 aromatic carbocycles. The van der Waals surface area contributed by atoms with Crippen LogP contribution in [0.1, 0.15) is 32.4 Å². The van der Waals surface area contributed by atoms with Crippen LogP contribution < -0.4 is 10.2 Å². The summed E-state index contributed by atoms with van der Waals surface area (Å²) in [6.07, 6.45) is 2.42. The van der Waals surface area contributed by atoms with Crippen molar-refractivity contribution < 1.29 is 4.74 Å². The van der Waals surface area contributed by atoms with E-state index in [0.717, 1.165) is 44.4 Å². The van der Waals surface area contributed by atoms with Gasteiger partial charge in [0.05, 0.1) is 12.3 Å². The van der Waals surface area contributed by atoms with Crippen LogP contribution in [0.15, 0.2) is 12.1 Å². The standard InChI is InChI=1S/C16H28N4O/c1-13(2)9-17-10-15-6-7-16(19-18-15)20(3)11-14-5-4-8-21-12-14/h6-7,13-14,17H,4-5,8-12H2,1-3H3. The molecule has 1 unspecified atom stereocenters. The predicted octanol–water partition coefficient (Wildman–Crippen LogP) is 2.08. The zero-order chi connectivity index (χ0) is 15.1. The number of nitrogens with zero attached hydrogens (tertiary/aromatic N) is 3. The highest BCUT2D eigenvalue weighted by molar-refractivity contribution is 5.36. The minimum atomic E-state index is 0.609. The first-order chi connectivity index (χ1) is 10.1. The molecule has 0 saturated carbocycles. The molecule has 1 aliphatic rings. The maximum absolute atomic E-state index is 5.53. The maximum Gasteiger partial charge on any atom is 0.150 e. The molecule has 1 atom stereocenters. The molecule has 0 bridgehead atoms. The molecule has 5 nitrogen and oxygen atoms in total. The predicted molar refractivity (Wildman–Crippen MR) is 85.4 cm³/mol. The van der Waals surface area contributed by atoms with Gasteiger partial charge in [0, 0.05) is 26.7 Å². The Balaban J connectivity index is 1.80. The lowest BCUT2D eigenvalue weighted by Gasteiger charge is -2.27. The van der Waals surface area contributed by atoms with Gasteiger partial charge in [-0.3, -0.25) is 0 Å². The molecule has 118 valence electrons. The van der Waals surface area contributed by atoms with E-state index in [0.29, 0.717) is 11.8 Å². The summed E-state index contributed by atoms with van der Waals surface area (Å²) in [5.41, 5.74) is 0.994. The Morgan fingerprint density at radius 3 is 2.86 bits per heavy atom. The summed E-state index contributed by atoms with van der Waals surface area (Å²) in [6, 6.07) is 4.12. The highest BCUT2D eigenvalue weighted by atomic mass is 16.5. The van der Waals surface area contributed by atoms with E-state index in [1.807, 2.05) is 0 Å². The van der Waals surface area contributed by atoms with E-state index in [1.165, 1.54) is 12.8 Å². The number of nitrogens with one attached hydrogen (secondary N) is 1. The molecule has 2 heterocycles. The maximum atomic E-state index is 5.53. The highest BCUT2D eigenvalue weighted by Gasteiger charge is 2.16. The van der Waals surface area contributed by atoms with Crippen molar-refractivity contribution in [2.45, 2.75) is 33.2 Å². The lowest BCUT2D eigenvalue weighted by atomic mass is 10.0. The van der Waals surface area contributed by atoms with Crippen LogP contribution in [-0.2, 0) is 11.3 Å². The van der Waals surface area contributed by atoms with E-state index in [2.05, 4.69) is 53.4 Å². The number of aromatic nitrogens is 2. The van der Waals surface area contributed by atoms with Gasteiger partial charge in [-0.05, 0) is 43.4 Å². The van der Waals surface area contributed by atoms with Crippen molar-refractivity contribution in [1.29, 1.82) is 0 Å². The molecule has 1 fully saturated rings. The summed E-state index contributed by atoms with van der Waals surface area (Å²) in [5, 5.41) is 12.0. The molecule has 1 aromatic rings. The zero-order valence-electron chi connectivity index (χ0n) is 13.5. The van der Waals surface area contributed by atoms with Crippen molar-refractivity contribution in [2.24, 2.45) is 11.8 Å². The number of hydrogen-bond acceptors (Lipinski definition) is 5. The molecular weight excluding hydrogens is 264 g/mol. The lowest BCUT2D eigenvalue weighted by molar-refractivity contribution is 0.0576. The third-order valence-electron chi connectivity index (χ3n) is 3.74. The topological polar surface area (TPSA) is 50.3 Å². The summed E-state index contributed by atoms with van der Waals surface area (Å²) < 4.78 is 5.53. The van der Waals surface area contributed by atoms with Gasteiger partial charge < -0.3 is 15.0 Å². The van der Waals surface area contributed by atoms with Gasteiger partial charge in [0.15, 0.2) is 5.82 Å². The highest BCUT2D eigenvalue weighted by Crippen LogP contribution is 2.17. The molecule has 0 aliphatic carbocycles. The summed E-state index contributed by atoms with van der Waals surface area (Å²) >= 11 is 0. The van der Waals surface area contributed by atoms with E-state index in [4.69, 9.17) is 4.74 Å². The van der Waals surface area contributed by atoms with Crippen LogP contribution in [0.5, 0.6) is 0 Å². The average Bonchev–Trinajstić information content (AvgIpc) is 2.48. The Hall–Kier alpha value is -1.20. The number of anilines is 1. The van der Waals surface area contributed by atoms with Crippen LogP contribution in [0.25, 0.3) is 0 Å². The van der Waals surface area contributed by atoms with E-state index < -0.39 is 0 Å². The van der Waals surface area contributed by atoms with Gasteiger partial charge in [-0.25, -0.2) is 0 Å². The van der Waals surface area contributed by atoms with Crippen molar-refractivity contribution in [2.75, 3.05) is 38.3 Å². The fourth-order valence-corrected chi connectivity index (χ4v) is 2.57. The fraction of sp³-hybridized carbons (Fsp3) is 0.750. The van der Waals surface area contributed by atoms with Crippen LogP contribution in [0.3, 0.4) is 0 Å². The van der Waals surface area contributed by atoms with Gasteiger partial charge in [-0.15, -0.1) is 5.10 Å². The van der Waals surface area contributed by atoms with Crippen molar-refractivity contribution in [1.82, 2.24) is 15.5 Å². The minimum Gasteiger partial charge on any atom is -0.381 e. The Morgan fingerprint density at radius 2 is 2.24 bits per heavy atom. The normalized spacial score (nSPS) is 19.0. The van der Waals surface area contributed by atoms with Crippen molar-refractivity contribution in [3.63, 3.8) is 0 Å². The molecule has 0 spiro atoms. The summed E-state index contributed by atoms with van der Waals surface area (Å²) in [5.74, 6) is 2.20. The van der Waals surface area contributed by atoms with E-state index in [9.17, 15) is 0 Å². The largest absolute Gasteiger partial charge is 0.381 e. The molecule has 5 heteroatoms. The second kappa shape index (κ2) is 8.29. The average molecular weight is 292 g/mol. The molecule has 0 radical (unpaired) electrons. The van der Waals surface area contributed by atoms with Crippen LogP contribution in [0.2, 0.25) is 0 Å². The zero-order valence-corrected chi connectivity index (χ0v) is 13.5. The number of rotatable bonds is 7. The third-order valence-corrected chi connectivity index (χ3v) is 3.74. The van der Waals surface area contributed by atoms with Gasteiger partial charge in [-0.1, -0.05) is 13.8 Å². The fourth-order valence-electron chi connectivity index (χ4n) is 2.57. The minimum absolute atomic E-state index is 0.609. The SMILES string of the molecule is CC(C)CNCc1ccc(N(C)CC2CCCOC2)nn1. The van der Waals surface area contributed by atoms with Crippen molar-refractivity contribution in [3.8, 4) is 0 Å². The second-order valence-electron chi connectivity index (χ2n) is 6.37. The van der Waals surface area contributed by atoms with Crippen molar-refractivity contribution in [3.05, 3.63) is 17.8 Å². The molecule has 0 amide bonds. The van der Waals surface area contributed by atoms with Crippen LogP contribution in [-0.4, -0.2) is 43.5 Å². The molecule has 21 heavy (non-hydrogen) atoms. The first-order valence-electron chi connectivity index (χ1n) is 7.97. The quantitative estimate of drug-likeness (QED) is 0.834. The molecule has 1 aliphatic heterocycles. The number of ether oxygens (including phenoxy) is 1. The molecular formula is C16H28N4O. The Morgan fingerprint density at radius 1 is 1.38 bits per heavy atom. The van der Waals surface area contributed by atoms with Crippen LogP contribution in [0.4, 0.5) is 5.82 Å². The number of hydrogen-bond donors (Lipinski definition) is 1. The molecule has 1 saturated heterocycles. The van der Waals surface area contributed by atoms with Crippen LogP contribution >= 0.6 is 0 Å². The van der Waals surface area contributed by atoms with Gasteiger partial charge in [0.2, 0.25) is 0 Å². The summed E-state index contributed by atoms with van der Waals surface area (Å²) in [6.45, 7) is 8.96. The van der Waals surface area contributed by atoms with E-state index in [1.54, 1.807) is 0 Å². The van der Waals surface area contributed by atoms with Gasteiger partial charge >= 0.3 is 0 Å². The Labute approximate surface area is 128 Å². The lowest BCUT2D eigenvalue weighted by Crippen LogP contribution is -2.31. The smallest absolute Gasteiger partial charge is 0.150 e. The molecule has 2 rings (SSSR count).